The monoisotopic (exact) mass is 252 g/mol. The number of nitrogens with zero attached hydrogens (tertiary/aromatic N) is 2. The maximum atomic E-state index is 13.3. The fraction of sp³-hybridized carbons (Fsp3) is 0.462. The summed E-state index contributed by atoms with van der Waals surface area (Å²) in [6, 6.07) is 2.29. The van der Waals surface area contributed by atoms with Gasteiger partial charge in [0.15, 0.2) is 11.6 Å². The lowest BCUT2D eigenvalue weighted by molar-refractivity contribution is 0.271. The zero-order chi connectivity index (χ0) is 12.7. The Labute approximate surface area is 103 Å². The molecule has 5 heteroatoms. The average molecular weight is 252 g/mol. The molecule has 2 aromatic rings. The lowest BCUT2D eigenvalue weighted by Crippen LogP contribution is -2.16. The molecule has 1 heterocycles. The van der Waals surface area contributed by atoms with E-state index in [9.17, 15) is 8.78 Å². The van der Waals surface area contributed by atoms with Crippen LogP contribution in [-0.2, 0) is 6.54 Å². The number of aliphatic hydroxyl groups excluding tert-OH is 1. The molecule has 0 bridgehead atoms. The number of aromatic nitrogens is 2. The molecular weight excluding hydrogens is 238 g/mol. The van der Waals surface area contributed by atoms with Crippen LogP contribution in [0.25, 0.3) is 11.0 Å². The largest absolute Gasteiger partial charge is 0.395 e. The van der Waals surface area contributed by atoms with Gasteiger partial charge >= 0.3 is 0 Å². The number of hydrogen-bond acceptors (Lipinski definition) is 2. The SMILES string of the molecule is OCCn1c(C2CCC2)nc2cc(F)c(F)cc21. The minimum Gasteiger partial charge on any atom is -0.395 e. The van der Waals surface area contributed by atoms with Gasteiger partial charge in [0.2, 0.25) is 0 Å². The van der Waals surface area contributed by atoms with Crippen molar-refractivity contribution in [1.29, 1.82) is 0 Å². The highest BCUT2D eigenvalue weighted by molar-refractivity contribution is 5.76. The molecule has 1 saturated carbocycles. The van der Waals surface area contributed by atoms with E-state index in [4.69, 9.17) is 5.11 Å². The summed E-state index contributed by atoms with van der Waals surface area (Å²) in [7, 11) is 0. The van der Waals surface area contributed by atoms with Crippen molar-refractivity contribution >= 4 is 11.0 Å². The summed E-state index contributed by atoms with van der Waals surface area (Å²) in [5, 5.41) is 9.10. The maximum absolute atomic E-state index is 13.3. The van der Waals surface area contributed by atoms with Gasteiger partial charge in [-0.15, -0.1) is 0 Å². The van der Waals surface area contributed by atoms with Gasteiger partial charge < -0.3 is 9.67 Å². The lowest BCUT2D eigenvalue weighted by Gasteiger charge is -2.25. The van der Waals surface area contributed by atoms with Crippen LogP contribution in [0.2, 0.25) is 0 Å². The van der Waals surface area contributed by atoms with Crippen LogP contribution in [0.4, 0.5) is 8.78 Å². The molecule has 96 valence electrons. The van der Waals surface area contributed by atoms with Crippen molar-refractivity contribution in [3.05, 3.63) is 29.6 Å². The minimum atomic E-state index is -0.878. The first kappa shape index (κ1) is 11.6. The van der Waals surface area contributed by atoms with Gasteiger partial charge in [0.05, 0.1) is 17.6 Å². The Kier molecular flexibility index (Phi) is 2.78. The zero-order valence-electron chi connectivity index (χ0n) is 9.87. The molecule has 0 unspecified atom stereocenters. The first-order valence-corrected chi connectivity index (χ1v) is 6.16. The normalized spacial score (nSPS) is 16.2. The third kappa shape index (κ3) is 1.70. The van der Waals surface area contributed by atoms with Gasteiger partial charge in [-0.1, -0.05) is 6.42 Å². The third-order valence-corrected chi connectivity index (χ3v) is 3.61. The molecule has 0 spiro atoms. The molecule has 1 aromatic heterocycles. The molecule has 0 saturated heterocycles. The Bertz CT molecular complexity index is 590. The standard InChI is InChI=1S/C13H14F2N2O/c14-9-6-11-12(7-10(9)15)17(4-5-18)13(16-11)8-2-1-3-8/h6-8,18H,1-5H2. The Morgan fingerprint density at radius 3 is 2.61 bits per heavy atom. The molecule has 1 aliphatic rings. The first-order chi connectivity index (χ1) is 8.70. The molecule has 3 rings (SSSR count). The predicted octanol–water partition coefficient (Wildman–Crippen LogP) is 2.57. The molecular formula is C13H14F2N2O. The quantitative estimate of drug-likeness (QED) is 0.911. The van der Waals surface area contributed by atoms with Gasteiger partial charge in [0.25, 0.3) is 0 Å². The summed E-state index contributed by atoms with van der Waals surface area (Å²) in [4.78, 5) is 4.40. The van der Waals surface area contributed by atoms with E-state index in [1.807, 2.05) is 4.57 Å². The van der Waals surface area contributed by atoms with E-state index >= 15 is 0 Å². The number of fused-ring (bicyclic) bond motifs is 1. The summed E-state index contributed by atoms with van der Waals surface area (Å²) >= 11 is 0. The average Bonchev–Trinajstić information content (AvgIpc) is 2.57. The van der Waals surface area contributed by atoms with Gasteiger partial charge in [-0.3, -0.25) is 0 Å². The van der Waals surface area contributed by atoms with Crippen molar-refractivity contribution in [3.8, 4) is 0 Å². The summed E-state index contributed by atoms with van der Waals surface area (Å²) in [6.07, 6.45) is 3.27. The van der Waals surface area contributed by atoms with Gasteiger partial charge in [-0.05, 0) is 12.8 Å². The lowest BCUT2D eigenvalue weighted by atomic mass is 9.85. The van der Waals surface area contributed by atoms with E-state index in [1.54, 1.807) is 0 Å². The first-order valence-electron chi connectivity index (χ1n) is 6.16. The molecule has 0 radical (unpaired) electrons. The molecule has 1 aliphatic carbocycles. The predicted molar refractivity (Wildman–Crippen MR) is 63.3 cm³/mol. The molecule has 1 N–H and O–H groups in total. The van der Waals surface area contributed by atoms with Crippen molar-refractivity contribution < 1.29 is 13.9 Å². The molecule has 0 atom stereocenters. The molecule has 1 aromatic carbocycles. The number of imidazole rings is 1. The third-order valence-electron chi connectivity index (χ3n) is 3.61. The van der Waals surface area contributed by atoms with E-state index in [1.165, 1.54) is 0 Å². The molecule has 18 heavy (non-hydrogen) atoms. The molecule has 0 amide bonds. The van der Waals surface area contributed by atoms with Gasteiger partial charge in [0.1, 0.15) is 5.82 Å². The molecule has 3 nitrogen and oxygen atoms in total. The van der Waals surface area contributed by atoms with E-state index in [-0.39, 0.29) is 6.61 Å². The van der Waals surface area contributed by atoms with Crippen LogP contribution in [0.15, 0.2) is 12.1 Å². The van der Waals surface area contributed by atoms with Gasteiger partial charge in [-0.2, -0.15) is 0 Å². The summed E-state index contributed by atoms with van der Waals surface area (Å²) < 4.78 is 28.3. The number of hydrogen-bond donors (Lipinski definition) is 1. The van der Waals surface area contributed by atoms with Crippen LogP contribution >= 0.6 is 0 Å². The van der Waals surface area contributed by atoms with Crippen LogP contribution in [0, 0.1) is 11.6 Å². The number of rotatable bonds is 3. The van der Waals surface area contributed by atoms with Crippen LogP contribution in [0.1, 0.15) is 31.0 Å². The van der Waals surface area contributed by atoms with Crippen LogP contribution in [0.3, 0.4) is 0 Å². The molecule has 0 aliphatic heterocycles. The van der Waals surface area contributed by atoms with E-state index < -0.39 is 11.6 Å². The van der Waals surface area contributed by atoms with Crippen molar-refractivity contribution in [2.45, 2.75) is 31.7 Å². The highest BCUT2D eigenvalue weighted by atomic mass is 19.2. The van der Waals surface area contributed by atoms with Crippen LogP contribution < -0.4 is 0 Å². The van der Waals surface area contributed by atoms with E-state index in [2.05, 4.69) is 4.98 Å². The highest BCUT2D eigenvalue weighted by Gasteiger charge is 2.26. The topological polar surface area (TPSA) is 38.0 Å². The van der Waals surface area contributed by atoms with Gasteiger partial charge in [0, 0.05) is 24.6 Å². The summed E-state index contributed by atoms with van der Waals surface area (Å²) in [5.41, 5.74) is 1.02. The Morgan fingerprint density at radius 1 is 1.28 bits per heavy atom. The summed E-state index contributed by atoms with van der Waals surface area (Å²) in [5.74, 6) is -0.552. The second kappa shape index (κ2) is 4.31. The Morgan fingerprint density at radius 2 is 2.00 bits per heavy atom. The number of halogens is 2. The zero-order valence-corrected chi connectivity index (χ0v) is 9.87. The van der Waals surface area contributed by atoms with Crippen molar-refractivity contribution in [1.82, 2.24) is 9.55 Å². The smallest absolute Gasteiger partial charge is 0.161 e. The number of aliphatic hydroxyl groups is 1. The van der Waals surface area contributed by atoms with Gasteiger partial charge in [-0.25, -0.2) is 13.8 Å². The summed E-state index contributed by atoms with van der Waals surface area (Å²) in [6.45, 7) is 0.331. The Hall–Kier alpha value is -1.49. The van der Waals surface area contributed by atoms with Crippen LogP contribution in [0.5, 0.6) is 0 Å². The van der Waals surface area contributed by atoms with Crippen molar-refractivity contribution in [3.63, 3.8) is 0 Å². The second-order valence-corrected chi connectivity index (χ2v) is 4.73. The number of benzene rings is 1. The molecule has 1 fully saturated rings. The van der Waals surface area contributed by atoms with E-state index in [0.717, 1.165) is 37.2 Å². The van der Waals surface area contributed by atoms with Crippen LogP contribution in [-0.4, -0.2) is 21.3 Å². The maximum Gasteiger partial charge on any atom is 0.161 e. The van der Waals surface area contributed by atoms with E-state index in [0.29, 0.717) is 23.5 Å². The fourth-order valence-corrected chi connectivity index (χ4v) is 2.45. The fourth-order valence-electron chi connectivity index (χ4n) is 2.45. The second-order valence-electron chi connectivity index (χ2n) is 4.73. The highest BCUT2D eigenvalue weighted by Crippen LogP contribution is 2.37. The van der Waals surface area contributed by atoms with Crippen molar-refractivity contribution in [2.75, 3.05) is 6.61 Å². The Balaban J connectivity index is 2.18. The minimum absolute atomic E-state index is 0.0375. The van der Waals surface area contributed by atoms with Crippen molar-refractivity contribution in [2.24, 2.45) is 0 Å².